The molecule has 1 aromatic carbocycles. The van der Waals surface area contributed by atoms with Crippen molar-refractivity contribution < 1.29 is 24.3 Å². The van der Waals surface area contributed by atoms with Gasteiger partial charge in [-0.05, 0) is 45.9 Å². The number of carbonyl (C=O) groups is 1. The fraction of sp³-hybridized carbons (Fsp3) is 0.348. The van der Waals surface area contributed by atoms with Crippen LogP contribution < -0.4 is 10.5 Å². The highest BCUT2D eigenvalue weighted by Gasteiger charge is 2.34. The average molecular weight is 436 g/mol. The Balaban J connectivity index is 1.78. The predicted molar refractivity (Wildman–Crippen MR) is 115 cm³/mol. The maximum atomic E-state index is 11.7. The average Bonchev–Trinajstić information content (AvgIpc) is 3.29. The molecular weight excluding hydrogens is 412 g/mol. The van der Waals surface area contributed by atoms with E-state index < -0.39 is 23.2 Å². The first-order valence-electron chi connectivity index (χ1n) is 10.0. The van der Waals surface area contributed by atoms with Gasteiger partial charge in [0.1, 0.15) is 34.8 Å². The number of amides is 1. The van der Waals surface area contributed by atoms with Gasteiger partial charge >= 0.3 is 0 Å². The number of primary amides is 1. The number of aliphatic hydroxyl groups is 2. The third-order valence-corrected chi connectivity index (χ3v) is 5.25. The molecule has 0 bridgehead atoms. The van der Waals surface area contributed by atoms with Gasteiger partial charge in [-0.3, -0.25) is 4.79 Å². The highest BCUT2D eigenvalue weighted by Crippen LogP contribution is 2.36. The lowest BCUT2D eigenvalue weighted by molar-refractivity contribution is -0.0394. The summed E-state index contributed by atoms with van der Waals surface area (Å²) in [6, 6.07) is 6.84. The van der Waals surface area contributed by atoms with Gasteiger partial charge in [0.05, 0.1) is 17.7 Å². The van der Waals surface area contributed by atoms with Gasteiger partial charge in [-0.15, -0.1) is 0 Å². The Morgan fingerprint density at radius 1 is 1.28 bits per heavy atom. The van der Waals surface area contributed by atoms with E-state index in [0.29, 0.717) is 34.2 Å². The Bertz CT molecular complexity index is 1250. The number of imidazole rings is 1. The Morgan fingerprint density at radius 2 is 2.03 bits per heavy atom. The van der Waals surface area contributed by atoms with E-state index in [0.717, 1.165) is 0 Å². The lowest BCUT2D eigenvalue weighted by Crippen LogP contribution is -2.42. The minimum absolute atomic E-state index is 0.114. The van der Waals surface area contributed by atoms with Gasteiger partial charge in [-0.1, -0.05) is 17.0 Å². The fourth-order valence-electron chi connectivity index (χ4n) is 3.36. The summed E-state index contributed by atoms with van der Waals surface area (Å²) in [5, 5.41) is 25.1. The summed E-state index contributed by atoms with van der Waals surface area (Å²) >= 11 is 0. The molecule has 3 aromatic rings. The molecule has 0 spiro atoms. The standard InChI is InChI=1S/C23H24N4O5/c1-13-9-18(26-32-13)23(4,30)8-7-14-5-6-17-15(10-14)21-25-16(20(24)28)11-27(21)12-19(31-17)22(2,3)29/h5-6,9-11,19,29-30H,12H2,1-4H3,(H2,24,28)/t19?,23-/m1/s1. The van der Waals surface area contributed by atoms with Gasteiger partial charge in [-0.25, -0.2) is 4.98 Å². The van der Waals surface area contributed by atoms with Gasteiger partial charge in [0, 0.05) is 17.8 Å². The number of hydrogen-bond donors (Lipinski definition) is 3. The van der Waals surface area contributed by atoms with Gasteiger partial charge in [-0.2, -0.15) is 0 Å². The van der Waals surface area contributed by atoms with Crippen LogP contribution in [0.3, 0.4) is 0 Å². The van der Waals surface area contributed by atoms with E-state index >= 15 is 0 Å². The van der Waals surface area contributed by atoms with Crippen LogP contribution in [0.25, 0.3) is 11.4 Å². The number of benzene rings is 1. The molecule has 1 amide bonds. The van der Waals surface area contributed by atoms with E-state index in [1.807, 2.05) is 0 Å². The van der Waals surface area contributed by atoms with E-state index in [9.17, 15) is 15.0 Å². The van der Waals surface area contributed by atoms with E-state index in [1.54, 1.807) is 55.8 Å². The van der Waals surface area contributed by atoms with Crippen molar-refractivity contribution in [1.82, 2.24) is 14.7 Å². The molecule has 32 heavy (non-hydrogen) atoms. The van der Waals surface area contributed by atoms with Crippen molar-refractivity contribution in [2.75, 3.05) is 0 Å². The Kier molecular flexibility index (Phi) is 5.07. The Hall–Kier alpha value is -3.61. The molecule has 0 saturated carbocycles. The first kappa shape index (κ1) is 21.6. The van der Waals surface area contributed by atoms with Gasteiger partial charge in [0.25, 0.3) is 5.91 Å². The van der Waals surface area contributed by atoms with E-state index in [2.05, 4.69) is 22.0 Å². The molecular formula is C23H24N4O5. The van der Waals surface area contributed by atoms with E-state index in [-0.39, 0.29) is 12.2 Å². The molecule has 2 atom stereocenters. The largest absolute Gasteiger partial charge is 0.485 e. The number of ether oxygens (including phenoxy) is 1. The second kappa shape index (κ2) is 7.51. The Labute approximate surface area is 184 Å². The molecule has 2 aromatic heterocycles. The smallest absolute Gasteiger partial charge is 0.268 e. The molecule has 1 aliphatic rings. The molecule has 4 rings (SSSR count). The normalized spacial score (nSPS) is 17.1. The number of hydrogen-bond acceptors (Lipinski definition) is 7. The number of rotatable bonds is 3. The Morgan fingerprint density at radius 3 is 2.66 bits per heavy atom. The van der Waals surface area contributed by atoms with Gasteiger partial charge in [0.15, 0.2) is 5.60 Å². The maximum Gasteiger partial charge on any atom is 0.268 e. The molecule has 1 unspecified atom stereocenters. The minimum atomic E-state index is -1.51. The zero-order valence-corrected chi connectivity index (χ0v) is 18.2. The molecule has 4 N–H and O–H groups in total. The second-order valence-electron chi connectivity index (χ2n) is 8.58. The minimum Gasteiger partial charge on any atom is -0.485 e. The molecule has 0 fully saturated rings. The predicted octanol–water partition coefficient (Wildman–Crippen LogP) is 1.74. The van der Waals surface area contributed by atoms with Crippen molar-refractivity contribution in [2.24, 2.45) is 5.73 Å². The van der Waals surface area contributed by atoms with Crippen LogP contribution in [0, 0.1) is 18.8 Å². The number of aryl methyl sites for hydroxylation is 1. The van der Waals surface area contributed by atoms with Crippen LogP contribution in [0.4, 0.5) is 0 Å². The summed E-state index contributed by atoms with van der Waals surface area (Å²) in [4.78, 5) is 16.1. The summed E-state index contributed by atoms with van der Waals surface area (Å²) in [5.74, 6) is 6.64. The number of nitrogens with two attached hydrogens (primary N) is 1. The zero-order chi connectivity index (χ0) is 23.3. The monoisotopic (exact) mass is 436 g/mol. The molecule has 166 valence electrons. The first-order chi connectivity index (χ1) is 14.9. The highest BCUT2D eigenvalue weighted by molar-refractivity contribution is 5.91. The molecule has 3 heterocycles. The van der Waals surface area contributed by atoms with Crippen LogP contribution in [-0.2, 0) is 12.1 Å². The van der Waals surface area contributed by atoms with Gasteiger partial charge in [0.2, 0.25) is 0 Å². The van der Waals surface area contributed by atoms with Crippen molar-refractivity contribution in [2.45, 2.75) is 51.5 Å². The van der Waals surface area contributed by atoms with Crippen LogP contribution in [0.5, 0.6) is 5.75 Å². The van der Waals surface area contributed by atoms with Crippen molar-refractivity contribution in [1.29, 1.82) is 0 Å². The van der Waals surface area contributed by atoms with E-state index in [1.165, 1.54) is 6.92 Å². The van der Waals surface area contributed by atoms with Crippen LogP contribution >= 0.6 is 0 Å². The zero-order valence-electron chi connectivity index (χ0n) is 18.2. The first-order valence-corrected chi connectivity index (χ1v) is 10.0. The lowest BCUT2D eigenvalue weighted by Gasteiger charge is -2.29. The summed E-state index contributed by atoms with van der Waals surface area (Å²) in [6.45, 7) is 6.85. The molecule has 0 saturated heterocycles. The quantitative estimate of drug-likeness (QED) is 0.532. The third-order valence-electron chi connectivity index (χ3n) is 5.25. The number of carbonyl (C=O) groups excluding carboxylic acids is 1. The molecule has 9 nitrogen and oxygen atoms in total. The third kappa shape index (κ3) is 4.10. The summed E-state index contributed by atoms with van der Waals surface area (Å²) < 4.78 is 12.9. The maximum absolute atomic E-state index is 11.7. The van der Waals surface area contributed by atoms with Crippen LogP contribution in [0.15, 0.2) is 35.0 Å². The van der Waals surface area contributed by atoms with Gasteiger partial charge < -0.3 is 29.8 Å². The van der Waals surface area contributed by atoms with Crippen molar-refractivity contribution >= 4 is 5.91 Å². The summed E-state index contributed by atoms with van der Waals surface area (Å²) in [7, 11) is 0. The fourth-order valence-corrected chi connectivity index (χ4v) is 3.36. The van der Waals surface area contributed by atoms with Crippen molar-refractivity contribution in [3.8, 4) is 29.0 Å². The van der Waals surface area contributed by atoms with Crippen LogP contribution in [-0.4, -0.2) is 42.5 Å². The molecule has 0 radical (unpaired) electrons. The highest BCUT2D eigenvalue weighted by atomic mass is 16.5. The second-order valence-corrected chi connectivity index (χ2v) is 8.58. The van der Waals surface area contributed by atoms with Crippen LogP contribution in [0.1, 0.15) is 48.3 Å². The number of fused-ring (bicyclic) bond motifs is 3. The summed E-state index contributed by atoms with van der Waals surface area (Å²) in [5.41, 5.74) is 4.38. The molecule has 9 heteroatoms. The lowest BCUT2D eigenvalue weighted by atomic mass is 10.0. The number of nitrogens with zero attached hydrogens (tertiary/aromatic N) is 3. The van der Waals surface area contributed by atoms with E-state index in [4.69, 9.17) is 15.0 Å². The molecule has 0 aliphatic carbocycles. The SMILES string of the molecule is Cc1cc([C@](C)(O)C#Cc2ccc3c(c2)-c2nc(C(N)=O)cn2CC(C(C)(C)O)O3)no1. The van der Waals surface area contributed by atoms with Crippen molar-refractivity contribution in [3.05, 3.63) is 53.2 Å². The number of aromatic nitrogens is 3. The van der Waals surface area contributed by atoms with Crippen molar-refractivity contribution in [3.63, 3.8) is 0 Å². The van der Waals surface area contributed by atoms with Crippen LogP contribution in [0.2, 0.25) is 0 Å². The topological polar surface area (TPSA) is 137 Å². The summed E-state index contributed by atoms with van der Waals surface area (Å²) in [6.07, 6.45) is 0.954. The molecule has 1 aliphatic heterocycles.